The van der Waals surface area contributed by atoms with Gasteiger partial charge in [-0.25, -0.2) is 8.42 Å². The average Bonchev–Trinajstić information content (AvgIpc) is 2.57. The third kappa shape index (κ3) is 4.55. The molecule has 2 rings (SSSR count). The molecule has 0 bridgehead atoms. The summed E-state index contributed by atoms with van der Waals surface area (Å²) in [6, 6.07) is 7.52. The van der Waals surface area contributed by atoms with Crippen LogP contribution in [0.2, 0.25) is 0 Å². The summed E-state index contributed by atoms with van der Waals surface area (Å²) >= 11 is 0. The Bertz CT molecular complexity index is 1020. The van der Waals surface area contributed by atoms with Crippen molar-refractivity contribution >= 4 is 27.3 Å². The molecule has 0 aliphatic heterocycles. The van der Waals surface area contributed by atoms with Gasteiger partial charge in [0.05, 0.1) is 16.4 Å². The zero-order valence-electron chi connectivity index (χ0n) is 16.4. The fourth-order valence-electron chi connectivity index (χ4n) is 2.97. The SMILES string of the molecule is Cc1cc(C)c(NC(=O)CN(C)S(=O)(=O)c2ccc(C)c([N+](=O)[O-])c2)c(C)c1. The predicted molar refractivity (Wildman–Crippen MR) is 107 cm³/mol. The molecule has 2 aromatic rings. The topological polar surface area (TPSA) is 110 Å². The number of nitrogens with one attached hydrogen (secondary N) is 1. The van der Waals surface area contributed by atoms with E-state index < -0.39 is 27.4 Å². The molecule has 9 heteroatoms. The first-order valence-corrected chi connectivity index (χ1v) is 9.96. The maximum atomic E-state index is 12.7. The number of anilines is 1. The Labute approximate surface area is 164 Å². The summed E-state index contributed by atoms with van der Waals surface area (Å²) in [4.78, 5) is 22.6. The maximum absolute atomic E-state index is 12.7. The van der Waals surface area contributed by atoms with Gasteiger partial charge < -0.3 is 5.32 Å². The molecule has 0 aromatic heterocycles. The Morgan fingerprint density at radius 1 is 1.07 bits per heavy atom. The molecule has 1 amide bonds. The van der Waals surface area contributed by atoms with E-state index in [2.05, 4.69) is 5.32 Å². The highest BCUT2D eigenvalue weighted by atomic mass is 32.2. The monoisotopic (exact) mass is 405 g/mol. The van der Waals surface area contributed by atoms with Crippen LogP contribution in [0.3, 0.4) is 0 Å². The summed E-state index contributed by atoms with van der Waals surface area (Å²) in [6.07, 6.45) is 0. The second-order valence-electron chi connectivity index (χ2n) is 6.79. The van der Waals surface area contributed by atoms with Crippen LogP contribution in [0.5, 0.6) is 0 Å². The highest BCUT2D eigenvalue weighted by Gasteiger charge is 2.26. The van der Waals surface area contributed by atoms with Crippen molar-refractivity contribution in [3.63, 3.8) is 0 Å². The van der Waals surface area contributed by atoms with Gasteiger partial charge >= 0.3 is 0 Å². The fraction of sp³-hybridized carbons (Fsp3) is 0.316. The van der Waals surface area contributed by atoms with Crippen molar-refractivity contribution in [1.82, 2.24) is 4.31 Å². The number of sulfonamides is 1. The Kier molecular flexibility index (Phi) is 6.20. The van der Waals surface area contributed by atoms with E-state index in [1.54, 1.807) is 0 Å². The number of rotatable bonds is 6. The van der Waals surface area contributed by atoms with Crippen LogP contribution in [-0.2, 0) is 14.8 Å². The van der Waals surface area contributed by atoms with E-state index in [9.17, 15) is 23.3 Å². The zero-order chi connectivity index (χ0) is 21.2. The Hall–Kier alpha value is -2.78. The number of benzene rings is 2. The van der Waals surface area contributed by atoms with Crippen molar-refractivity contribution in [2.45, 2.75) is 32.6 Å². The van der Waals surface area contributed by atoms with Gasteiger partial charge in [0.2, 0.25) is 15.9 Å². The van der Waals surface area contributed by atoms with Gasteiger partial charge in [-0.3, -0.25) is 14.9 Å². The molecule has 0 saturated heterocycles. The number of amides is 1. The summed E-state index contributed by atoms with van der Waals surface area (Å²) in [5, 5.41) is 13.8. The molecule has 2 aromatic carbocycles. The molecule has 0 unspecified atom stereocenters. The highest BCUT2D eigenvalue weighted by Crippen LogP contribution is 2.25. The molecule has 0 radical (unpaired) electrons. The molecule has 0 fully saturated rings. The highest BCUT2D eigenvalue weighted by molar-refractivity contribution is 7.89. The standard InChI is InChI=1S/C19H23N3O5S/c1-12-8-14(3)19(15(4)9-12)20-18(23)11-21(5)28(26,27)16-7-6-13(2)17(10-16)22(24)25/h6-10H,11H2,1-5H3,(H,20,23). The second-order valence-corrected chi connectivity index (χ2v) is 8.83. The molecule has 8 nitrogen and oxygen atoms in total. The average molecular weight is 405 g/mol. The number of carbonyl (C=O) groups excluding carboxylic acids is 1. The van der Waals surface area contributed by atoms with E-state index in [0.717, 1.165) is 27.1 Å². The number of nitro groups is 1. The largest absolute Gasteiger partial charge is 0.324 e. The van der Waals surface area contributed by atoms with E-state index in [-0.39, 0.29) is 10.6 Å². The van der Waals surface area contributed by atoms with Crippen molar-refractivity contribution in [2.75, 3.05) is 18.9 Å². The summed E-state index contributed by atoms with van der Waals surface area (Å²) in [7, 11) is -2.80. The first kappa shape index (κ1) is 21.5. The van der Waals surface area contributed by atoms with Gasteiger partial charge in [-0.1, -0.05) is 23.8 Å². The van der Waals surface area contributed by atoms with Crippen LogP contribution < -0.4 is 5.32 Å². The van der Waals surface area contributed by atoms with Gasteiger partial charge in [0.15, 0.2) is 0 Å². The third-order valence-corrected chi connectivity index (χ3v) is 6.19. The lowest BCUT2D eigenvalue weighted by Gasteiger charge is -2.18. The molecular weight excluding hydrogens is 382 g/mol. The number of aryl methyl sites for hydroxylation is 4. The Morgan fingerprint density at radius 2 is 1.64 bits per heavy atom. The van der Waals surface area contributed by atoms with E-state index in [1.165, 1.54) is 26.1 Å². The van der Waals surface area contributed by atoms with E-state index >= 15 is 0 Å². The Morgan fingerprint density at radius 3 is 2.18 bits per heavy atom. The number of nitro benzene ring substituents is 1. The van der Waals surface area contributed by atoms with Crippen molar-refractivity contribution in [2.24, 2.45) is 0 Å². The predicted octanol–water partition coefficient (Wildman–Crippen LogP) is 3.09. The van der Waals surface area contributed by atoms with Gasteiger partial charge in [0, 0.05) is 24.4 Å². The second kappa shape index (κ2) is 8.07. The molecule has 28 heavy (non-hydrogen) atoms. The molecule has 0 saturated carbocycles. The molecular formula is C19H23N3O5S. The van der Waals surface area contributed by atoms with Crippen molar-refractivity contribution in [1.29, 1.82) is 0 Å². The van der Waals surface area contributed by atoms with Crippen LogP contribution in [0.15, 0.2) is 35.2 Å². The van der Waals surface area contributed by atoms with Gasteiger partial charge in [0.25, 0.3) is 5.69 Å². The lowest BCUT2D eigenvalue weighted by Crippen LogP contribution is -2.35. The number of hydrogen-bond donors (Lipinski definition) is 1. The quantitative estimate of drug-likeness (QED) is 0.587. The lowest BCUT2D eigenvalue weighted by atomic mass is 10.1. The van der Waals surface area contributed by atoms with Crippen LogP contribution in [0, 0.1) is 37.8 Å². The molecule has 0 atom stereocenters. The zero-order valence-corrected chi connectivity index (χ0v) is 17.3. The molecule has 1 N–H and O–H groups in total. The first-order chi connectivity index (χ1) is 12.9. The van der Waals surface area contributed by atoms with Crippen LogP contribution in [0.25, 0.3) is 0 Å². The van der Waals surface area contributed by atoms with Crippen molar-refractivity contribution in [3.05, 3.63) is 62.7 Å². The van der Waals surface area contributed by atoms with Crippen molar-refractivity contribution < 1.29 is 18.1 Å². The fourth-order valence-corrected chi connectivity index (χ4v) is 4.12. The lowest BCUT2D eigenvalue weighted by molar-refractivity contribution is -0.385. The number of carbonyl (C=O) groups is 1. The summed E-state index contributed by atoms with van der Waals surface area (Å²) in [5.41, 5.74) is 3.54. The summed E-state index contributed by atoms with van der Waals surface area (Å²) in [5.74, 6) is -0.497. The number of likely N-dealkylation sites (N-methyl/N-ethyl adjacent to an activating group) is 1. The molecule has 0 heterocycles. The smallest absolute Gasteiger partial charge is 0.273 e. The van der Waals surface area contributed by atoms with E-state index in [1.807, 2.05) is 32.9 Å². The van der Waals surface area contributed by atoms with Crippen LogP contribution >= 0.6 is 0 Å². The molecule has 150 valence electrons. The Balaban J connectivity index is 2.22. The van der Waals surface area contributed by atoms with Crippen LogP contribution in [0.1, 0.15) is 22.3 Å². The normalized spacial score (nSPS) is 11.5. The minimum atomic E-state index is -4.06. The maximum Gasteiger partial charge on any atom is 0.273 e. The van der Waals surface area contributed by atoms with Crippen molar-refractivity contribution in [3.8, 4) is 0 Å². The molecule has 0 aliphatic carbocycles. The first-order valence-electron chi connectivity index (χ1n) is 8.52. The minimum absolute atomic E-state index is 0.234. The summed E-state index contributed by atoms with van der Waals surface area (Å²) < 4.78 is 26.3. The number of nitrogens with zero attached hydrogens (tertiary/aromatic N) is 2. The van der Waals surface area contributed by atoms with Gasteiger partial charge in [-0.05, 0) is 44.9 Å². The van der Waals surface area contributed by atoms with Gasteiger partial charge in [-0.2, -0.15) is 4.31 Å². The summed E-state index contributed by atoms with van der Waals surface area (Å²) in [6.45, 7) is 6.78. The van der Waals surface area contributed by atoms with Crippen LogP contribution in [-0.4, -0.2) is 37.1 Å². The van der Waals surface area contributed by atoms with Gasteiger partial charge in [-0.15, -0.1) is 0 Å². The van der Waals surface area contributed by atoms with E-state index in [4.69, 9.17) is 0 Å². The van der Waals surface area contributed by atoms with Crippen LogP contribution in [0.4, 0.5) is 11.4 Å². The third-order valence-electron chi connectivity index (χ3n) is 4.39. The van der Waals surface area contributed by atoms with Gasteiger partial charge in [0.1, 0.15) is 0 Å². The number of hydrogen-bond acceptors (Lipinski definition) is 5. The van der Waals surface area contributed by atoms with E-state index in [0.29, 0.717) is 11.3 Å². The molecule has 0 spiro atoms. The minimum Gasteiger partial charge on any atom is -0.324 e. The molecule has 0 aliphatic rings.